The molecular formula is C40H74O4. The molecule has 0 fully saturated rings. The molecule has 0 aromatic heterocycles. The van der Waals surface area contributed by atoms with Gasteiger partial charge < -0.3 is 9.47 Å². The number of rotatable bonds is 35. The molecule has 44 heavy (non-hydrogen) atoms. The van der Waals surface area contributed by atoms with Crippen molar-refractivity contribution in [3.8, 4) is 0 Å². The summed E-state index contributed by atoms with van der Waals surface area (Å²) in [4.78, 5) is 23.8. The van der Waals surface area contributed by atoms with Gasteiger partial charge in [0.25, 0.3) is 0 Å². The van der Waals surface area contributed by atoms with E-state index in [4.69, 9.17) is 9.47 Å². The third-order valence-electron chi connectivity index (χ3n) is 8.35. The number of unbranched alkanes of at least 4 members (excludes halogenated alkanes) is 23. The Bertz CT molecular complexity index is 598. The van der Waals surface area contributed by atoms with Crippen molar-refractivity contribution in [2.75, 3.05) is 13.2 Å². The molecule has 0 aliphatic heterocycles. The lowest BCUT2D eigenvalue weighted by molar-refractivity contribution is -0.146. The second kappa shape index (κ2) is 37.6. The van der Waals surface area contributed by atoms with Crippen LogP contribution in [0.25, 0.3) is 0 Å². The molecule has 0 aromatic rings. The summed E-state index contributed by atoms with van der Waals surface area (Å²) >= 11 is 0. The summed E-state index contributed by atoms with van der Waals surface area (Å²) in [5.41, 5.74) is 0. The van der Waals surface area contributed by atoms with Crippen molar-refractivity contribution >= 4 is 11.9 Å². The Hall–Kier alpha value is -1.58. The van der Waals surface area contributed by atoms with Gasteiger partial charge in [-0.05, 0) is 77.0 Å². The molecule has 0 spiro atoms. The fourth-order valence-electron chi connectivity index (χ4n) is 5.40. The lowest BCUT2D eigenvalue weighted by atomic mass is 10.1. The first-order valence-electron chi connectivity index (χ1n) is 19.3. The van der Waals surface area contributed by atoms with E-state index >= 15 is 0 Å². The molecule has 0 saturated carbocycles. The molecule has 0 saturated heterocycles. The fraction of sp³-hybridized carbons (Fsp3) is 0.850. The zero-order valence-corrected chi connectivity index (χ0v) is 29.6. The molecule has 4 nitrogen and oxygen atoms in total. The Labute approximate surface area is 274 Å². The van der Waals surface area contributed by atoms with Crippen LogP contribution in [0.1, 0.15) is 206 Å². The summed E-state index contributed by atoms with van der Waals surface area (Å²) in [5, 5.41) is 0. The van der Waals surface area contributed by atoms with Crippen molar-refractivity contribution in [2.45, 2.75) is 206 Å². The largest absolute Gasteiger partial charge is 0.466 e. The number of carbonyl (C=O) groups is 2. The summed E-state index contributed by atoms with van der Waals surface area (Å²) in [6.07, 6.45) is 44.6. The standard InChI is InChI=1S/C40H74O4/c1-3-5-7-9-11-13-15-17-19-21-23-25-27-29-31-35-39(41)43-37-33-34-38-44-40(42)36-32-30-28-26-24-22-20-18-16-14-12-10-8-6-4-2/h17-20H,3-16,21-38H2,1-2H3. The van der Waals surface area contributed by atoms with E-state index < -0.39 is 0 Å². The number of hydrogen-bond acceptors (Lipinski definition) is 4. The molecule has 0 atom stereocenters. The number of esters is 2. The third-order valence-corrected chi connectivity index (χ3v) is 8.35. The van der Waals surface area contributed by atoms with Crippen molar-refractivity contribution in [1.82, 2.24) is 0 Å². The molecule has 0 radical (unpaired) electrons. The topological polar surface area (TPSA) is 52.6 Å². The van der Waals surface area contributed by atoms with Crippen molar-refractivity contribution < 1.29 is 19.1 Å². The zero-order valence-electron chi connectivity index (χ0n) is 29.6. The Morgan fingerprint density at radius 1 is 0.364 bits per heavy atom. The SMILES string of the molecule is CCCCCCCCC=CCCCCCCCC(=O)OCCCCOC(=O)CCCCCCCC=CCCCCCCCC. The highest BCUT2D eigenvalue weighted by Gasteiger charge is 2.05. The minimum atomic E-state index is -0.0937. The van der Waals surface area contributed by atoms with E-state index in [1.807, 2.05) is 0 Å². The Kier molecular flexibility index (Phi) is 36.3. The van der Waals surface area contributed by atoms with Gasteiger partial charge in [0.15, 0.2) is 0 Å². The first-order valence-corrected chi connectivity index (χ1v) is 19.3. The van der Waals surface area contributed by atoms with Crippen molar-refractivity contribution in [1.29, 1.82) is 0 Å². The lowest BCUT2D eigenvalue weighted by Gasteiger charge is -2.06. The maximum absolute atomic E-state index is 11.9. The number of ether oxygens (including phenoxy) is 2. The Morgan fingerprint density at radius 2 is 0.636 bits per heavy atom. The van der Waals surface area contributed by atoms with Gasteiger partial charge >= 0.3 is 11.9 Å². The first kappa shape index (κ1) is 42.4. The predicted molar refractivity (Wildman–Crippen MR) is 190 cm³/mol. The van der Waals surface area contributed by atoms with Crippen LogP contribution in [-0.2, 0) is 19.1 Å². The van der Waals surface area contributed by atoms with Gasteiger partial charge in [-0.25, -0.2) is 0 Å². The molecule has 0 aliphatic carbocycles. The van der Waals surface area contributed by atoms with Gasteiger partial charge in [0.1, 0.15) is 0 Å². The molecule has 0 heterocycles. The van der Waals surface area contributed by atoms with Crippen LogP contribution in [0.3, 0.4) is 0 Å². The normalized spacial score (nSPS) is 11.6. The zero-order chi connectivity index (χ0) is 32.0. The minimum Gasteiger partial charge on any atom is -0.466 e. The van der Waals surface area contributed by atoms with Crippen LogP contribution in [0.5, 0.6) is 0 Å². The van der Waals surface area contributed by atoms with Crippen molar-refractivity contribution in [3.63, 3.8) is 0 Å². The highest BCUT2D eigenvalue weighted by Crippen LogP contribution is 2.12. The quantitative estimate of drug-likeness (QED) is 0.0403. The molecule has 0 unspecified atom stereocenters. The summed E-state index contributed by atoms with van der Waals surface area (Å²) in [5.74, 6) is -0.187. The van der Waals surface area contributed by atoms with Crippen LogP contribution in [0.15, 0.2) is 24.3 Å². The molecule has 0 rings (SSSR count). The van der Waals surface area contributed by atoms with E-state index in [0.717, 1.165) is 38.5 Å². The van der Waals surface area contributed by atoms with Crippen LogP contribution in [0, 0.1) is 0 Å². The lowest BCUT2D eigenvalue weighted by Crippen LogP contribution is -2.08. The molecule has 0 aliphatic rings. The van der Waals surface area contributed by atoms with Crippen LogP contribution in [0.2, 0.25) is 0 Å². The number of carbonyl (C=O) groups excluding carboxylic acids is 2. The summed E-state index contributed by atoms with van der Waals surface area (Å²) < 4.78 is 10.7. The molecule has 258 valence electrons. The molecule has 0 N–H and O–H groups in total. The van der Waals surface area contributed by atoms with E-state index in [-0.39, 0.29) is 11.9 Å². The Balaban J connectivity index is 3.32. The van der Waals surface area contributed by atoms with Crippen molar-refractivity contribution in [2.24, 2.45) is 0 Å². The highest BCUT2D eigenvalue weighted by molar-refractivity contribution is 5.69. The summed E-state index contributed by atoms with van der Waals surface area (Å²) in [7, 11) is 0. The molecule has 0 aromatic carbocycles. The number of allylic oxidation sites excluding steroid dienone is 4. The van der Waals surface area contributed by atoms with E-state index in [0.29, 0.717) is 26.1 Å². The van der Waals surface area contributed by atoms with Crippen LogP contribution in [-0.4, -0.2) is 25.2 Å². The van der Waals surface area contributed by atoms with Gasteiger partial charge in [0, 0.05) is 12.8 Å². The van der Waals surface area contributed by atoms with Gasteiger partial charge in [0.2, 0.25) is 0 Å². The van der Waals surface area contributed by atoms with Gasteiger partial charge in [-0.3, -0.25) is 9.59 Å². The summed E-state index contributed by atoms with van der Waals surface area (Å²) in [6.45, 7) is 5.39. The first-order chi connectivity index (χ1) is 21.7. The average molecular weight is 619 g/mol. The van der Waals surface area contributed by atoms with Crippen molar-refractivity contribution in [3.05, 3.63) is 24.3 Å². The monoisotopic (exact) mass is 619 g/mol. The second-order valence-electron chi connectivity index (χ2n) is 12.8. The minimum absolute atomic E-state index is 0.0937. The van der Waals surface area contributed by atoms with Gasteiger partial charge in [-0.15, -0.1) is 0 Å². The molecule has 4 heteroatoms. The molecule has 0 bridgehead atoms. The van der Waals surface area contributed by atoms with E-state index in [9.17, 15) is 9.59 Å². The Morgan fingerprint density at radius 3 is 0.955 bits per heavy atom. The molecular weight excluding hydrogens is 544 g/mol. The highest BCUT2D eigenvalue weighted by atomic mass is 16.5. The second-order valence-corrected chi connectivity index (χ2v) is 12.8. The average Bonchev–Trinajstić information content (AvgIpc) is 3.02. The number of hydrogen-bond donors (Lipinski definition) is 0. The fourth-order valence-corrected chi connectivity index (χ4v) is 5.40. The van der Waals surface area contributed by atoms with Crippen LogP contribution < -0.4 is 0 Å². The van der Waals surface area contributed by atoms with E-state index in [2.05, 4.69) is 38.2 Å². The smallest absolute Gasteiger partial charge is 0.305 e. The van der Waals surface area contributed by atoms with Crippen LogP contribution >= 0.6 is 0 Å². The van der Waals surface area contributed by atoms with Crippen LogP contribution in [0.4, 0.5) is 0 Å². The maximum Gasteiger partial charge on any atom is 0.305 e. The van der Waals surface area contributed by atoms with Gasteiger partial charge in [-0.1, -0.05) is 141 Å². The molecule has 0 amide bonds. The van der Waals surface area contributed by atoms with E-state index in [1.165, 1.54) is 141 Å². The van der Waals surface area contributed by atoms with Gasteiger partial charge in [-0.2, -0.15) is 0 Å². The maximum atomic E-state index is 11.9. The summed E-state index contributed by atoms with van der Waals surface area (Å²) in [6, 6.07) is 0. The van der Waals surface area contributed by atoms with E-state index in [1.54, 1.807) is 0 Å². The predicted octanol–water partition coefficient (Wildman–Crippen LogP) is 12.9. The third kappa shape index (κ3) is 36.6. The van der Waals surface area contributed by atoms with Gasteiger partial charge in [0.05, 0.1) is 13.2 Å².